The Bertz CT molecular complexity index is 996. The predicted octanol–water partition coefficient (Wildman–Crippen LogP) is 4.30. The highest BCUT2D eigenvalue weighted by Crippen LogP contribution is 2.26. The van der Waals surface area contributed by atoms with Crippen LogP contribution in [0.4, 0.5) is 0 Å². The number of sulfonamides is 1. The summed E-state index contributed by atoms with van der Waals surface area (Å²) in [4.78, 5) is 14.1. The van der Waals surface area contributed by atoms with Gasteiger partial charge in [0.15, 0.2) is 0 Å². The second-order valence-corrected chi connectivity index (χ2v) is 10.8. The number of hydrogen-bond donors (Lipinski definition) is 1. The molecule has 1 aliphatic heterocycles. The van der Waals surface area contributed by atoms with Crippen molar-refractivity contribution in [3.63, 3.8) is 0 Å². The number of carbonyl (C=O) groups excluding carboxylic acids is 1. The molecule has 5 nitrogen and oxygen atoms in total. The molecule has 162 valence electrons. The molecule has 2 aromatic rings. The second kappa shape index (κ2) is 9.54. The van der Waals surface area contributed by atoms with Crippen LogP contribution in [0.2, 0.25) is 0 Å². The van der Waals surface area contributed by atoms with Gasteiger partial charge in [-0.25, -0.2) is 8.42 Å². The summed E-state index contributed by atoms with van der Waals surface area (Å²) in [5.74, 6) is -0.160. The lowest BCUT2D eigenvalue weighted by atomic mass is 9.95. The Kier molecular flexibility index (Phi) is 7.26. The maximum atomic E-state index is 12.9. The summed E-state index contributed by atoms with van der Waals surface area (Å²) in [6, 6.07) is 13.1. The van der Waals surface area contributed by atoms with E-state index >= 15 is 0 Å². The zero-order valence-corrected chi connectivity index (χ0v) is 19.6. The van der Waals surface area contributed by atoms with Gasteiger partial charge in [-0.15, -0.1) is 11.8 Å². The van der Waals surface area contributed by atoms with Crippen molar-refractivity contribution >= 4 is 27.7 Å². The van der Waals surface area contributed by atoms with Crippen molar-refractivity contribution in [3.8, 4) is 0 Å². The minimum Gasteiger partial charge on any atom is -0.349 e. The molecule has 1 fully saturated rings. The van der Waals surface area contributed by atoms with Gasteiger partial charge in [0, 0.05) is 23.9 Å². The molecule has 1 heterocycles. The minimum atomic E-state index is -3.52. The topological polar surface area (TPSA) is 66.5 Å². The van der Waals surface area contributed by atoms with Gasteiger partial charge in [-0.05, 0) is 75.3 Å². The number of nitrogens with one attached hydrogen (secondary N) is 1. The molecular formula is C23H30N2O3S2. The summed E-state index contributed by atoms with van der Waals surface area (Å²) in [5, 5.41) is 3.11. The number of amides is 1. The fourth-order valence-electron chi connectivity index (χ4n) is 3.98. The number of benzene rings is 2. The average Bonchev–Trinajstić information content (AvgIpc) is 2.73. The molecular weight excluding hydrogens is 416 g/mol. The van der Waals surface area contributed by atoms with E-state index in [0.717, 1.165) is 16.0 Å². The average molecular weight is 447 g/mol. The van der Waals surface area contributed by atoms with Gasteiger partial charge in [-0.3, -0.25) is 4.79 Å². The molecule has 0 aliphatic carbocycles. The van der Waals surface area contributed by atoms with Crippen molar-refractivity contribution in [1.82, 2.24) is 9.62 Å². The van der Waals surface area contributed by atoms with E-state index in [4.69, 9.17) is 0 Å². The van der Waals surface area contributed by atoms with Crippen LogP contribution in [0.3, 0.4) is 0 Å². The number of nitrogens with zero attached hydrogens (tertiary/aromatic N) is 1. The van der Waals surface area contributed by atoms with Crippen LogP contribution in [0.25, 0.3) is 0 Å². The summed E-state index contributed by atoms with van der Waals surface area (Å²) in [6.07, 6.45) is 3.03. The molecule has 2 aromatic carbocycles. The fraction of sp³-hybridized carbons (Fsp3) is 0.435. The summed E-state index contributed by atoms with van der Waals surface area (Å²) in [7, 11) is -3.52. The highest BCUT2D eigenvalue weighted by molar-refractivity contribution is 7.98. The van der Waals surface area contributed by atoms with E-state index in [0.29, 0.717) is 30.8 Å². The van der Waals surface area contributed by atoms with Crippen LogP contribution in [0.1, 0.15) is 42.5 Å². The van der Waals surface area contributed by atoms with E-state index in [1.165, 1.54) is 9.87 Å². The standard InChI is InChI=1S/C23H30N2O3S2/c1-16-5-10-22(17(2)15-16)18(3)24-23(26)19-11-13-25(14-12-19)30(27,28)21-8-6-20(29-4)7-9-21/h5-10,15,18-19H,11-14H2,1-4H3,(H,24,26)/t18-/m1/s1. The Morgan fingerprint density at radius 2 is 1.73 bits per heavy atom. The van der Waals surface area contributed by atoms with Gasteiger partial charge in [0.05, 0.1) is 10.9 Å². The molecule has 1 N–H and O–H groups in total. The first-order chi connectivity index (χ1) is 14.2. The molecule has 1 aliphatic rings. The number of rotatable bonds is 6. The predicted molar refractivity (Wildman–Crippen MR) is 122 cm³/mol. The van der Waals surface area contributed by atoms with Crippen LogP contribution in [0.5, 0.6) is 0 Å². The first-order valence-electron chi connectivity index (χ1n) is 10.2. The Morgan fingerprint density at radius 3 is 2.30 bits per heavy atom. The number of hydrogen-bond acceptors (Lipinski definition) is 4. The van der Waals surface area contributed by atoms with Gasteiger partial charge >= 0.3 is 0 Å². The Morgan fingerprint density at radius 1 is 1.10 bits per heavy atom. The van der Waals surface area contributed by atoms with E-state index in [2.05, 4.69) is 37.4 Å². The van der Waals surface area contributed by atoms with Crippen molar-refractivity contribution in [2.45, 2.75) is 49.4 Å². The van der Waals surface area contributed by atoms with Crippen LogP contribution in [-0.2, 0) is 14.8 Å². The van der Waals surface area contributed by atoms with Crippen LogP contribution >= 0.6 is 11.8 Å². The van der Waals surface area contributed by atoms with Gasteiger partial charge in [0.2, 0.25) is 15.9 Å². The first-order valence-corrected chi connectivity index (χ1v) is 12.9. The van der Waals surface area contributed by atoms with Crippen molar-refractivity contribution in [2.24, 2.45) is 5.92 Å². The molecule has 0 saturated carbocycles. The van der Waals surface area contributed by atoms with E-state index in [1.54, 1.807) is 23.9 Å². The van der Waals surface area contributed by atoms with E-state index < -0.39 is 10.0 Å². The SMILES string of the molecule is CSc1ccc(S(=O)(=O)N2CCC(C(=O)N[C@H](C)c3ccc(C)cc3C)CC2)cc1. The largest absolute Gasteiger partial charge is 0.349 e. The Hall–Kier alpha value is -1.83. The second-order valence-electron chi connectivity index (χ2n) is 7.94. The Balaban J connectivity index is 1.59. The first kappa shape index (κ1) is 22.8. The van der Waals surface area contributed by atoms with Gasteiger partial charge in [0.1, 0.15) is 0 Å². The number of aryl methyl sites for hydroxylation is 2. The maximum absolute atomic E-state index is 12.9. The van der Waals surface area contributed by atoms with Crippen molar-refractivity contribution in [1.29, 1.82) is 0 Å². The van der Waals surface area contributed by atoms with Gasteiger partial charge in [-0.2, -0.15) is 4.31 Å². The number of thioether (sulfide) groups is 1. The van der Waals surface area contributed by atoms with Crippen LogP contribution < -0.4 is 5.32 Å². The van der Waals surface area contributed by atoms with Gasteiger partial charge in [0.25, 0.3) is 0 Å². The third-order valence-corrected chi connectivity index (χ3v) is 8.43. The summed E-state index contributed by atoms with van der Waals surface area (Å²) in [5.41, 5.74) is 3.48. The third kappa shape index (κ3) is 5.07. The third-order valence-electron chi connectivity index (χ3n) is 5.77. The molecule has 7 heteroatoms. The lowest BCUT2D eigenvalue weighted by Gasteiger charge is -2.31. The maximum Gasteiger partial charge on any atom is 0.243 e. The molecule has 1 atom stereocenters. The smallest absolute Gasteiger partial charge is 0.243 e. The van der Waals surface area contributed by atoms with E-state index in [1.807, 2.05) is 25.3 Å². The molecule has 3 rings (SSSR count). The van der Waals surface area contributed by atoms with Crippen molar-refractivity contribution < 1.29 is 13.2 Å². The van der Waals surface area contributed by atoms with Gasteiger partial charge < -0.3 is 5.32 Å². The van der Waals surface area contributed by atoms with Crippen LogP contribution in [0, 0.1) is 19.8 Å². The van der Waals surface area contributed by atoms with Gasteiger partial charge in [-0.1, -0.05) is 23.8 Å². The molecule has 30 heavy (non-hydrogen) atoms. The molecule has 0 aromatic heterocycles. The normalized spacial score (nSPS) is 16.9. The molecule has 0 spiro atoms. The van der Waals surface area contributed by atoms with Crippen molar-refractivity contribution in [3.05, 3.63) is 59.2 Å². The number of piperidine rings is 1. The Labute approximate surface area is 184 Å². The highest BCUT2D eigenvalue weighted by Gasteiger charge is 2.32. The van der Waals surface area contributed by atoms with Crippen molar-refractivity contribution in [2.75, 3.05) is 19.3 Å². The lowest BCUT2D eigenvalue weighted by molar-refractivity contribution is -0.126. The summed E-state index contributed by atoms with van der Waals surface area (Å²) in [6.45, 7) is 6.83. The monoisotopic (exact) mass is 446 g/mol. The molecule has 1 saturated heterocycles. The molecule has 0 radical (unpaired) electrons. The zero-order valence-electron chi connectivity index (χ0n) is 18.0. The highest BCUT2D eigenvalue weighted by atomic mass is 32.2. The summed E-state index contributed by atoms with van der Waals surface area (Å²) < 4.78 is 27.3. The summed E-state index contributed by atoms with van der Waals surface area (Å²) >= 11 is 1.58. The van der Waals surface area contributed by atoms with Crippen LogP contribution in [0.15, 0.2) is 52.3 Å². The zero-order chi connectivity index (χ0) is 21.9. The fourth-order valence-corrected chi connectivity index (χ4v) is 5.85. The van der Waals surface area contributed by atoms with E-state index in [9.17, 15) is 13.2 Å². The molecule has 1 amide bonds. The lowest BCUT2D eigenvalue weighted by Crippen LogP contribution is -2.43. The van der Waals surface area contributed by atoms with E-state index in [-0.39, 0.29) is 17.9 Å². The molecule has 0 unspecified atom stereocenters. The number of carbonyl (C=O) groups is 1. The minimum absolute atomic E-state index is 0.00356. The quantitative estimate of drug-likeness (QED) is 0.672. The van der Waals surface area contributed by atoms with Crippen LogP contribution in [-0.4, -0.2) is 38.0 Å². The molecule has 0 bridgehead atoms.